The van der Waals surface area contributed by atoms with E-state index in [4.69, 9.17) is 0 Å². The number of anilines is 1. The minimum absolute atomic E-state index is 0.0143. The van der Waals surface area contributed by atoms with Crippen molar-refractivity contribution in [1.82, 2.24) is 14.5 Å². The van der Waals surface area contributed by atoms with Crippen LogP contribution < -0.4 is 21.5 Å². The Kier molecular flexibility index (Phi) is 6.02. The highest BCUT2D eigenvalue weighted by molar-refractivity contribution is 5.79. The van der Waals surface area contributed by atoms with Crippen molar-refractivity contribution in [2.24, 2.45) is 13.0 Å². The molecule has 1 aliphatic rings. The molecule has 1 aliphatic heterocycles. The first-order valence-corrected chi connectivity index (χ1v) is 9.79. The Hall–Kier alpha value is -2.83. The van der Waals surface area contributed by atoms with Crippen molar-refractivity contribution < 1.29 is 4.79 Å². The lowest BCUT2D eigenvalue weighted by atomic mass is 9.97. The number of aromatic nitrogens is 2. The topological polar surface area (TPSA) is 76.3 Å². The summed E-state index contributed by atoms with van der Waals surface area (Å²) in [5, 5.41) is 3.03. The third-order valence-corrected chi connectivity index (χ3v) is 5.36. The summed E-state index contributed by atoms with van der Waals surface area (Å²) in [4.78, 5) is 39.2. The lowest BCUT2D eigenvalue weighted by Gasteiger charge is -2.34. The van der Waals surface area contributed by atoms with E-state index in [-0.39, 0.29) is 23.1 Å². The number of aryl methyl sites for hydroxylation is 1. The molecule has 0 spiro atoms. The number of hydrogen-bond donors (Lipinski definition) is 1. The number of amides is 1. The fourth-order valence-electron chi connectivity index (χ4n) is 3.77. The standard InChI is InChI=1S/C21H28N4O3/c1-4-25-18(12-19(26)23(3)21(25)28)24-10-6-9-17(14-24)20(27)22-13-16-8-5-7-15(2)11-16/h5,7-8,11-12,17H,4,6,9-10,13-14H2,1-3H3,(H,22,27)/t17-/m1/s1. The summed E-state index contributed by atoms with van der Waals surface area (Å²) in [6, 6.07) is 9.58. The van der Waals surface area contributed by atoms with E-state index in [1.54, 1.807) is 4.57 Å². The molecule has 0 unspecified atom stereocenters. The number of piperidine rings is 1. The molecular weight excluding hydrogens is 356 g/mol. The quantitative estimate of drug-likeness (QED) is 0.846. The Bertz CT molecular complexity index is 976. The molecule has 28 heavy (non-hydrogen) atoms. The molecule has 0 saturated carbocycles. The Morgan fingerprint density at radius 3 is 2.75 bits per heavy atom. The normalized spacial score (nSPS) is 16.8. The molecule has 2 heterocycles. The van der Waals surface area contributed by atoms with E-state index in [1.165, 1.54) is 18.7 Å². The van der Waals surface area contributed by atoms with Crippen molar-refractivity contribution >= 4 is 11.7 Å². The number of hydrogen-bond acceptors (Lipinski definition) is 4. The first-order valence-electron chi connectivity index (χ1n) is 9.79. The average Bonchev–Trinajstić information content (AvgIpc) is 2.70. The molecule has 1 N–H and O–H groups in total. The van der Waals surface area contributed by atoms with E-state index < -0.39 is 0 Å². The van der Waals surface area contributed by atoms with Gasteiger partial charge in [-0.25, -0.2) is 4.79 Å². The Morgan fingerprint density at radius 1 is 1.25 bits per heavy atom. The predicted octanol–water partition coefficient (Wildman–Crippen LogP) is 1.41. The molecule has 1 fully saturated rings. The maximum absolute atomic E-state index is 12.7. The van der Waals surface area contributed by atoms with Crippen LogP contribution in [-0.4, -0.2) is 28.1 Å². The third-order valence-electron chi connectivity index (χ3n) is 5.36. The van der Waals surface area contributed by atoms with E-state index in [0.717, 1.165) is 29.5 Å². The van der Waals surface area contributed by atoms with Crippen LogP contribution in [0.3, 0.4) is 0 Å². The first-order chi connectivity index (χ1) is 13.4. The highest BCUT2D eigenvalue weighted by Gasteiger charge is 2.27. The zero-order valence-electron chi connectivity index (χ0n) is 16.8. The van der Waals surface area contributed by atoms with Crippen LogP contribution in [0.2, 0.25) is 0 Å². The van der Waals surface area contributed by atoms with Crippen molar-refractivity contribution in [2.75, 3.05) is 18.0 Å². The van der Waals surface area contributed by atoms with Gasteiger partial charge in [0.05, 0.1) is 5.92 Å². The van der Waals surface area contributed by atoms with Gasteiger partial charge < -0.3 is 10.2 Å². The summed E-state index contributed by atoms with van der Waals surface area (Å²) < 4.78 is 2.71. The van der Waals surface area contributed by atoms with Gasteiger partial charge in [0.2, 0.25) is 5.91 Å². The van der Waals surface area contributed by atoms with Gasteiger partial charge >= 0.3 is 5.69 Å². The zero-order valence-corrected chi connectivity index (χ0v) is 16.8. The van der Waals surface area contributed by atoms with Gasteiger partial charge in [-0.2, -0.15) is 0 Å². The largest absolute Gasteiger partial charge is 0.357 e. The summed E-state index contributed by atoms with van der Waals surface area (Å²) in [5.74, 6) is 0.454. The van der Waals surface area contributed by atoms with Crippen LogP contribution in [-0.2, 0) is 24.9 Å². The van der Waals surface area contributed by atoms with Gasteiger partial charge in [0.25, 0.3) is 5.56 Å². The lowest BCUT2D eigenvalue weighted by Crippen LogP contribution is -2.47. The summed E-state index contributed by atoms with van der Waals surface area (Å²) in [6.45, 7) is 6.12. The van der Waals surface area contributed by atoms with Gasteiger partial charge in [0.15, 0.2) is 0 Å². The van der Waals surface area contributed by atoms with Crippen LogP contribution in [0.15, 0.2) is 39.9 Å². The second kappa shape index (κ2) is 8.46. The average molecular weight is 384 g/mol. The van der Waals surface area contributed by atoms with Crippen LogP contribution in [0.25, 0.3) is 0 Å². The molecular formula is C21H28N4O3. The van der Waals surface area contributed by atoms with Crippen molar-refractivity contribution in [3.05, 3.63) is 62.3 Å². The van der Waals surface area contributed by atoms with Crippen LogP contribution in [0, 0.1) is 12.8 Å². The molecule has 7 heteroatoms. The van der Waals surface area contributed by atoms with E-state index in [0.29, 0.717) is 25.5 Å². The smallest absolute Gasteiger partial charge is 0.332 e. The molecule has 0 radical (unpaired) electrons. The maximum atomic E-state index is 12.7. The second-order valence-electron chi connectivity index (χ2n) is 7.42. The van der Waals surface area contributed by atoms with Gasteiger partial charge in [-0.3, -0.25) is 18.7 Å². The van der Waals surface area contributed by atoms with E-state index in [2.05, 4.69) is 11.4 Å². The van der Waals surface area contributed by atoms with E-state index >= 15 is 0 Å². The van der Waals surface area contributed by atoms with E-state index in [1.807, 2.05) is 36.9 Å². The fourth-order valence-corrected chi connectivity index (χ4v) is 3.77. The first kappa shape index (κ1) is 19.9. The zero-order chi connectivity index (χ0) is 20.3. The molecule has 0 aliphatic carbocycles. The SMILES string of the molecule is CCn1c(N2CCC[C@@H](C(=O)NCc3cccc(C)c3)C2)cc(=O)n(C)c1=O. The molecule has 1 amide bonds. The van der Waals surface area contributed by atoms with Gasteiger partial charge in [-0.15, -0.1) is 0 Å². The molecule has 1 atom stereocenters. The predicted molar refractivity (Wildman–Crippen MR) is 110 cm³/mol. The van der Waals surface area contributed by atoms with Crippen molar-refractivity contribution in [2.45, 2.75) is 39.8 Å². The van der Waals surface area contributed by atoms with Gasteiger partial charge in [0.1, 0.15) is 5.82 Å². The molecule has 1 saturated heterocycles. The van der Waals surface area contributed by atoms with Crippen molar-refractivity contribution in [3.8, 4) is 0 Å². The minimum atomic E-state index is -0.323. The molecule has 7 nitrogen and oxygen atoms in total. The fraction of sp³-hybridized carbons (Fsp3) is 0.476. The number of rotatable bonds is 5. The third kappa shape index (κ3) is 4.18. The van der Waals surface area contributed by atoms with Gasteiger partial charge in [-0.1, -0.05) is 29.8 Å². The van der Waals surface area contributed by atoms with Crippen LogP contribution in [0.5, 0.6) is 0 Å². The monoisotopic (exact) mass is 384 g/mol. The van der Waals surface area contributed by atoms with Crippen LogP contribution >= 0.6 is 0 Å². The van der Waals surface area contributed by atoms with E-state index in [9.17, 15) is 14.4 Å². The second-order valence-corrected chi connectivity index (χ2v) is 7.42. The molecule has 0 bridgehead atoms. The summed E-state index contributed by atoms with van der Waals surface area (Å²) >= 11 is 0. The molecule has 3 rings (SSSR count). The Balaban J connectivity index is 1.73. The Morgan fingerprint density at radius 2 is 2.04 bits per heavy atom. The summed E-state index contributed by atoms with van der Waals surface area (Å²) in [6.07, 6.45) is 1.65. The van der Waals surface area contributed by atoms with Crippen LogP contribution in [0.1, 0.15) is 30.9 Å². The van der Waals surface area contributed by atoms with Crippen molar-refractivity contribution in [1.29, 1.82) is 0 Å². The van der Waals surface area contributed by atoms with Crippen LogP contribution in [0.4, 0.5) is 5.82 Å². The summed E-state index contributed by atoms with van der Waals surface area (Å²) in [5.41, 5.74) is 1.60. The molecule has 2 aromatic rings. The maximum Gasteiger partial charge on any atom is 0.332 e. The highest BCUT2D eigenvalue weighted by Crippen LogP contribution is 2.22. The highest BCUT2D eigenvalue weighted by atomic mass is 16.2. The number of carbonyl (C=O) groups is 1. The van der Waals surface area contributed by atoms with Gasteiger partial charge in [-0.05, 0) is 32.3 Å². The minimum Gasteiger partial charge on any atom is -0.357 e. The van der Waals surface area contributed by atoms with Crippen molar-refractivity contribution in [3.63, 3.8) is 0 Å². The number of benzene rings is 1. The number of nitrogens with one attached hydrogen (secondary N) is 1. The lowest BCUT2D eigenvalue weighted by molar-refractivity contribution is -0.125. The molecule has 1 aromatic heterocycles. The number of carbonyl (C=O) groups excluding carboxylic acids is 1. The molecule has 1 aromatic carbocycles. The summed E-state index contributed by atoms with van der Waals surface area (Å²) in [7, 11) is 1.48. The molecule has 150 valence electrons. The Labute approximate surface area is 164 Å². The van der Waals surface area contributed by atoms with Gasteiger partial charge in [0, 0.05) is 39.3 Å². The number of nitrogens with zero attached hydrogens (tertiary/aromatic N) is 3.